The predicted octanol–water partition coefficient (Wildman–Crippen LogP) is 6.59. The zero-order valence-corrected chi connectivity index (χ0v) is 26.3. The molecule has 4 rings (SSSR count). The molecule has 4 aromatic rings. The normalized spacial score (nSPS) is 10.7. The Morgan fingerprint density at radius 2 is 1.57 bits per heavy atom. The maximum Gasteiger partial charge on any atom is 0.271 e. The summed E-state index contributed by atoms with van der Waals surface area (Å²) in [6.07, 6.45) is 1.48. The number of hydrazone groups is 1. The third-order valence-electron chi connectivity index (χ3n) is 5.93. The van der Waals surface area contributed by atoms with Crippen molar-refractivity contribution in [1.29, 1.82) is 0 Å². The van der Waals surface area contributed by atoms with E-state index in [9.17, 15) is 14.0 Å². The molecule has 9 nitrogen and oxygen atoms in total. The average Bonchev–Trinajstić information content (AvgIpc) is 3.02. The van der Waals surface area contributed by atoms with Crippen molar-refractivity contribution < 1.29 is 32.9 Å². The molecule has 0 atom stereocenters. The summed E-state index contributed by atoms with van der Waals surface area (Å²) >= 11 is 2.07. The molecule has 0 aliphatic rings. The molecule has 0 spiro atoms. The molecule has 11 heteroatoms. The standard InChI is InChI=1S/C33H31FIN3O6/c1-3-41-29-18-24(10-15-28(29)43-20-22-8-6-5-7-9-22)33(40)38-36-19-23-16-27(35)32(30(17-23)42-4-2)44-21-31(39)37-26-13-11-25(34)12-14-26/h5-19H,3-4,20-21H2,1-2H3,(H,37,39)(H,38,40)/b36-19+. The van der Waals surface area contributed by atoms with Crippen LogP contribution >= 0.6 is 22.6 Å². The molecule has 44 heavy (non-hydrogen) atoms. The Labute approximate surface area is 268 Å². The Hall–Kier alpha value is -4.65. The van der Waals surface area contributed by atoms with Crippen LogP contribution in [0, 0.1) is 9.39 Å². The van der Waals surface area contributed by atoms with Gasteiger partial charge in [0.1, 0.15) is 12.4 Å². The van der Waals surface area contributed by atoms with Crippen molar-refractivity contribution in [3.05, 3.63) is 111 Å². The zero-order valence-electron chi connectivity index (χ0n) is 24.1. The fraction of sp³-hybridized carbons (Fsp3) is 0.182. The van der Waals surface area contributed by atoms with Gasteiger partial charge in [-0.05, 0) is 102 Å². The summed E-state index contributed by atoms with van der Waals surface area (Å²) < 4.78 is 36.9. The topological polar surface area (TPSA) is 107 Å². The van der Waals surface area contributed by atoms with Gasteiger partial charge in [-0.1, -0.05) is 30.3 Å². The second-order valence-electron chi connectivity index (χ2n) is 9.17. The molecule has 4 aromatic carbocycles. The second-order valence-corrected chi connectivity index (χ2v) is 10.3. The second kappa shape index (κ2) is 16.3. The summed E-state index contributed by atoms with van der Waals surface area (Å²) in [7, 11) is 0. The van der Waals surface area contributed by atoms with Gasteiger partial charge in [-0.15, -0.1) is 0 Å². The van der Waals surface area contributed by atoms with E-state index in [1.54, 1.807) is 30.3 Å². The Balaban J connectivity index is 1.38. The Bertz CT molecular complexity index is 1600. The summed E-state index contributed by atoms with van der Waals surface area (Å²) in [6.45, 7) is 4.54. The first kappa shape index (κ1) is 32.3. The molecule has 0 radical (unpaired) electrons. The number of nitrogens with zero attached hydrogens (tertiary/aromatic N) is 1. The Morgan fingerprint density at radius 1 is 0.841 bits per heavy atom. The van der Waals surface area contributed by atoms with Crippen molar-refractivity contribution in [2.24, 2.45) is 5.10 Å². The first-order chi connectivity index (χ1) is 21.4. The SMILES string of the molecule is CCOc1cc(C(=O)N/N=C/c2cc(I)c(OCC(=O)Nc3ccc(F)cc3)c(OCC)c2)ccc1OCc1ccccc1. The Morgan fingerprint density at radius 3 is 2.30 bits per heavy atom. The first-order valence-electron chi connectivity index (χ1n) is 13.8. The minimum absolute atomic E-state index is 0.281. The summed E-state index contributed by atoms with van der Waals surface area (Å²) in [5.41, 5.74) is 4.99. The highest BCUT2D eigenvalue weighted by Crippen LogP contribution is 2.34. The first-order valence-corrected chi connectivity index (χ1v) is 14.9. The van der Waals surface area contributed by atoms with Crippen LogP contribution in [-0.4, -0.2) is 37.8 Å². The lowest BCUT2D eigenvalue weighted by Crippen LogP contribution is -2.20. The van der Waals surface area contributed by atoms with Crippen molar-refractivity contribution >= 4 is 46.3 Å². The lowest BCUT2D eigenvalue weighted by molar-refractivity contribution is -0.118. The summed E-state index contributed by atoms with van der Waals surface area (Å²) in [6, 6.07) is 23.6. The molecule has 0 heterocycles. The highest BCUT2D eigenvalue weighted by atomic mass is 127. The van der Waals surface area contributed by atoms with E-state index < -0.39 is 17.6 Å². The van der Waals surface area contributed by atoms with Crippen LogP contribution in [-0.2, 0) is 11.4 Å². The fourth-order valence-electron chi connectivity index (χ4n) is 3.94. The van der Waals surface area contributed by atoms with Crippen LogP contribution in [0.4, 0.5) is 10.1 Å². The van der Waals surface area contributed by atoms with E-state index in [-0.39, 0.29) is 6.61 Å². The van der Waals surface area contributed by atoms with Crippen LogP contribution in [0.2, 0.25) is 0 Å². The van der Waals surface area contributed by atoms with Gasteiger partial charge in [-0.2, -0.15) is 5.10 Å². The third kappa shape index (κ3) is 9.43. The molecular formula is C33H31FIN3O6. The smallest absolute Gasteiger partial charge is 0.271 e. The third-order valence-corrected chi connectivity index (χ3v) is 6.73. The number of anilines is 1. The number of halogens is 2. The minimum atomic E-state index is -0.427. The maximum absolute atomic E-state index is 13.1. The van der Waals surface area contributed by atoms with Gasteiger partial charge < -0.3 is 24.3 Å². The van der Waals surface area contributed by atoms with Crippen LogP contribution < -0.4 is 29.7 Å². The highest BCUT2D eigenvalue weighted by Gasteiger charge is 2.15. The van der Waals surface area contributed by atoms with E-state index in [1.165, 1.54) is 30.5 Å². The number of carbonyl (C=O) groups is 2. The number of hydrogen-bond donors (Lipinski definition) is 2. The molecule has 0 aromatic heterocycles. The van der Waals surface area contributed by atoms with E-state index in [4.69, 9.17) is 18.9 Å². The number of amides is 2. The molecule has 0 saturated heterocycles. The van der Waals surface area contributed by atoms with Gasteiger partial charge in [-0.25, -0.2) is 9.82 Å². The molecular weight excluding hydrogens is 680 g/mol. The summed E-state index contributed by atoms with van der Waals surface area (Å²) in [4.78, 5) is 25.2. The van der Waals surface area contributed by atoms with Crippen LogP contribution in [0.15, 0.2) is 90.0 Å². The van der Waals surface area contributed by atoms with Crippen LogP contribution in [0.3, 0.4) is 0 Å². The van der Waals surface area contributed by atoms with Crippen LogP contribution in [0.1, 0.15) is 35.3 Å². The van der Waals surface area contributed by atoms with Crippen molar-refractivity contribution in [3.63, 3.8) is 0 Å². The van der Waals surface area contributed by atoms with Gasteiger partial charge in [0.2, 0.25) is 0 Å². The zero-order chi connectivity index (χ0) is 31.3. The van der Waals surface area contributed by atoms with Crippen LogP contribution in [0.25, 0.3) is 0 Å². The Kier molecular flexibility index (Phi) is 11.9. The summed E-state index contributed by atoms with van der Waals surface area (Å²) in [5, 5.41) is 6.75. The molecule has 2 N–H and O–H groups in total. The van der Waals surface area contributed by atoms with E-state index in [0.29, 0.717) is 63.2 Å². The molecule has 228 valence electrons. The van der Waals surface area contributed by atoms with Crippen molar-refractivity contribution in [2.45, 2.75) is 20.5 Å². The van der Waals surface area contributed by atoms with E-state index in [1.807, 2.05) is 44.2 Å². The van der Waals surface area contributed by atoms with Gasteiger partial charge >= 0.3 is 0 Å². The van der Waals surface area contributed by atoms with E-state index in [0.717, 1.165) is 5.56 Å². The molecule has 0 aliphatic heterocycles. The quantitative estimate of drug-likeness (QED) is 0.0869. The number of rotatable bonds is 14. The lowest BCUT2D eigenvalue weighted by atomic mass is 10.2. The molecule has 2 amide bonds. The molecule has 0 saturated carbocycles. The maximum atomic E-state index is 13.1. The summed E-state index contributed by atoms with van der Waals surface area (Å²) in [5.74, 6) is 0.556. The average molecular weight is 712 g/mol. The number of hydrogen-bond acceptors (Lipinski definition) is 7. The molecule has 0 fully saturated rings. The van der Waals surface area contributed by atoms with Gasteiger partial charge in [0.15, 0.2) is 29.6 Å². The van der Waals surface area contributed by atoms with E-state index in [2.05, 4.69) is 38.4 Å². The van der Waals surface area contributed by atoms with Crippen molar-refractivity contribution in [3.8, 4) is 23.0 Å². The lowest BCUT2D eigenvalue weighted by Gasteiger charge is -2.14. The van der Waals surface area contributed by atoms with Gasteiger partial charge in [0.05, 0.1) is 23.0 Å². The largest absolute Gasteiger partial charge is 0.490 e. The number of benzene rings is 4. The number of carbonyl (C=O) groups excluding carboxylic acids is 2. The molecule has 0 aliphatic carbocycles. The highest BCUT2D eigenvalue weighted by molar-refractivity contribution is 14.1. The van der Waals surface area contributed by atoms with Gasteiger partial charge in [0, 0.05) is 11.3 Å². The van der Waals surface area contributed by atoms with Gasteiger partial charge in [-0.3, -0.25) is 9.59 Å². The predicted molar refractivity (Wildman–Crippen MR) is 174 cm³/mol. The van der Waals surface area contributed by atoms with Gasteiger partial charge in [0.25, 0.3) is 11.8 Å². The number of ether oxygens (including phenoxy) is 4. The monoisotopic (exact) mass is 711 g/mol. The molecule has 0 bridgehead atoms. The van der Waals surface area contributed by atoms with Crippen molar-refractivity contribution in [2.75, 3.05) is 25.1 Å². The number of nitrogens with one attached hydrogen (secondary N) is 2. The van der Waals surface area contributed by atoms with Crippen LogP contribution in [0.5, 0.6) is 23.0 Å². The fourth-order valence-corrected chi connectivity index (χ4v) is 4.72. The minimum Gasteiger partial charge on any atom is -0.490 e. The van der Waals surface area contributed by atoms with Crippen molar-refractivity contribution in [1.82, 2.24) is 5.43 Å². The van der Waals surface area contributed by atoms with E-state index >= 15 is 0 Å². The molecule has 0 unspecified atom stereocenters.